The van der Waals surface area contributed by atoms with E-state index < -0.39 is 0 Å². The summed E-state index contributed by atoms with van der Waals surface area (Å²) in [6, 6.07) is 5.14. The van der Waals surface area contributed by atoms with Gasteiger partial charge in [-0.2, -0.15) is 0 Å². The van der Waals surface area contributed by atoms with E-state index in [2.05, 4.69) is 21.2 Å². The Kier molecular flexibility index (Phi) is 3.48. The molecular formula is C11H10BrCl2NO. The van der Waals surface area contributed by atoms with Gasteiger partial charge in [0.15, 0.2) is 0 Å². The van der Waals surface area contributed by atoms with Crippen molar-refractivity contribution in [2.24, 2.45) is 0 Å². The third-order valence-electron chi connectivity index (χ3n) is 2.66. The molecule has 2 rings (SSSR count). The van der Waals surface area contributed by atoms with Gasteiger partial charge in [0.2, 0.25) is 0 Å². The van der Waals surface area contributed by atoms with Crippen molar-refractivity contribution in [2.75, 3.05) is 5.88 Å². The molecule has 0 bridgehead atoms. The topological polar surface area (TPSA) is 29.1 Å². The Balaban J connectivity index is 2.17. The van der Waals surface area contributed by atoms with Gasteiger partial charge in [-0.25, -0.2) is 0 Å². The lowest BCUT2D eigenvalue weighted by Crippen LogP contribution is -2.38. The highest BCUT2D eigenvalue weighted by Crippen LogP contribution is 2.37. The Hall–Kier alpha value is -0.250. The van der Waals surface area contributed by atoms with Gasteiger partial charge < -0.3 is 5.32 Å². The Bertz CT molecular complexity index is 432. The van der Waals surface area contributed by atoms with E-state index in [0.29, 0.717) is 16.5 Å². The fraction of sp³-hybridized carbons (Fsp3) is 0.364. The van der Waals surface area contributed by atoms with Gasteiger partial charge in [0.25, 0.3) is 5.91 Å². The van der Waals surface area contributed by atoms with Crippen LogP contribution in [0.4, 0.5) is 0 Å². The smallest absolute Gasteiger partial charge is 0.252 e. The fourth-order valence-corrected chi connectivity index (χ4v) is 2.36. The minimum Gasteiger partial charge on any atom is -0.345 e. The third kappa shape index (κ3) is 2.53. The number of amides is 1. The van der Waals surface area contributed by atoms with Crippen molar-refractivity contribution >= 4 is 45.0 Å². The number of halogens is 3. The predicted octanol–water partition coefficient (Wildman–Crippen LogP) is 3.60. The van der Waals surface area contributed by atoms with Crippen LogP contribution < -0.4 is 5.32 Å². The summed E-state index contributed by atoms with van der Waals surface area (Å²) in [7, 11) is 0. The van der Waals surface area contributed by atoms with Crippen LogP contribution >= 0.6 is 39.1 Å². The number of alkyl halides is 1. The molecule has 0 aromatic heterocycles. The highest BCUT2D eigenvalue weighted by Gasteiger charge is 2.43. The molecule has 1 aromatic carbocycles. The molecule has 0 unspecified atom stereocenters. The van der Waals surface area contributed by atoms with Crippen molar-refractivity contribution in [3.05, 3.63) is 33.3 Å². The number of rotatable bonds is 3. The van der Waals surface area contributed by atoms with Gasteiger partial charge in [-0.15, -0.1) is 11.6 Å². The van der Waals surface area contributed by atoms with Crippen LogP contribution in [-0.2, 0) is 0 Å². The summed E-state index contributed by atoms with van der Waals surface area (Å²) < 4.78 is 0.736. The molecule has 0 radical (unpaired) electrons. The van der Waals surface area contributed by atoms with E-state index in [1.54, 1.807) is 18.2 Å². The first-order chi connectivity index (χ1) is 7.56. The highest BCUT2D eigenvalue weighted by molar-refractivity contribution is 9.10. The fourth-order valence-electron chi connectivity index (χ4n) is 1.42. The number of benzene rings is 1. The Morgan fingerprint density at radius 1 is 1.50 bits per heavy atom. The van der Waals surface area contributed by atoms with Crippen molar-refractivity contribution < 1.29 is 4.79 Å². The van der Waals surface area contributed by atoms with E-state index in [1.165, 1.54) is 0 Å². The minimum absolute atomic E-state index is 0.132. The quantitative estimate of drug-likeness (QED) is 0.846. The maximum Gasteiger partial charge on any atom is 0.252 e. The summed E-state index contributed by atoms with van der Waals surface area (Å²) in [6.45, 7) is 0. The Morgan fingerprint density at radius 3 is 2.75 bits per heavy atom. The van der Waals surface area contributed by atoms with Crippen molar-refractivity contribution in [3.63, 3.8) is 0 Å². The van der Waals surface area contributed by atoms with Crippen LogP contribution in [0.5, 0.6) is 0 Å². The molecular weight excluding hydrogens is 313 g/mol. The second-order valence-electron chi connectivity index (χ2n) is 3.99. The second kappa shape index (κ2) is 4.55. The van der Waals surface area contributed by atoms with Gasteiger partial charge in [-0.1, -0.05) is 11.6 Å². The standard InChI is InChI=1S/C11H10BrCl2NO/c12-9-2-1-7(14)5-8(9)10(16)15-11(6-13)3-4-11/h1-2,5H,3-4,6H2,(H,15,16). The monoisotopic (exact) mass is 321 g/mol. The van der Waals surface area contributed by atoms with E-state index in [0.717, 1.165) is 17.3 Å². The normalized spacial score (nSPS) is 16.9. The van der Waals surface area contributed by atoms with E-state index in [9.17, 15) is 4.79 Å². The number of hydrogen-bond acceptors (Lipinski definition) is 1. The maximum atomic E-state index is 12.0. The molecule has 1 aliphatic rings. The number of carbonyl (C=O) groups is 1. The van der Waals surface area contributed by atoms with Crippen molar-refractivity contribution in [3.8, 4) is 0 Å². The average Bonchev–Trinajstić information content (AvgIpc) is 3.02. The number of nitrogens with one attached hydrogen (secondary N) is 1. The first-order valence-corrected chi connectivity index (χ1v) is 6.60. The van der Waals surface area contributed by atoms with Crippen LogP contribution in [0, 0.1) is 0 Å². The summed E-state index contributed by atoms with van der Waals surface area (Å²) in [6.07, 6.45) is 1.89. The van der Waals surface area contributed by atoms with Gasteiger partial charge in [-0.3, -0.25) is 4.79 Å². The van der Waals surface area contributed by atoms with Crippen LogP contribution in [0.3, 0.4) is 0 Å². The van der Waals surface area contributed by atoms with Crippen LogP contribution in [-0.4, -0.2) is 17.3 Å². The van der Waals surface area contributed by atoms with Crippen molar-refractivity contribution in [1.82, 2.24) is 5.32 Å². The zero-order chi connectivity index (χ0) is 11.8. The molecule has 1 saturated carbocycles. The Labute approximate surface area is 112 Å². The molecule has 1 aliphatic carbocycles. The summed E-state index contributed by atoms with van der Waals surface area (Å²) in [5.41, 5.74) is 0.351. The Morgan fingerprint density at radius 2 is 2.19 bits per heavy atom. The zero-order valence-corrected chi connectivity index (χ0v) is 11.5. The maximum absolute atomic E-state index is 12.0. The lowest BCUT2D eigenvalue weighted by atomic mass is 10.2. The first-order valence-electron chi connectivity index (χ1n) is 4.90. The molecule has 1 fully saturated rings. The largest absolute Gasteiger partial charge is 0.345 e. The zero-order valence-electron chi connectivity index (χ0n) is 8.40. The molecule has 5 heteroatoms. The first kappa shape index (κ1) is 12.2. The summed E-state index contributed by atoms with van der Waals surface area (Å²) in [5, 5.41) is 3.49. The summed E-state index contributed by atoms with van der Waals surface area (Å²) in [5.74, 6) is 0.323. The van der Waals surface area contributed by atoms with Crippen LogP contribution in [0.25, 0.3) is 0 Å². The molecule has 86 valence electrons. The molecule has 0 aliphatic heterocycles. The van der Waals surface area contributed by atoms with Gasteiger partial charge >= 0.3 is 0 Å². The van der Waals surface area contributed by atoms with Crippen LogP contribution in [0.15, 0.2) is 22.7 Å². The van der Waals surface area contributed by atoms with Gasteiger partial charge in [0.1, 0.15) is 0 Å². The predicted molar refractivity (Wildman–Crippen MR) is 69.3 cm³/mol. The lowest BCUT2D eigenvalue weighted by molar-refractivity contribution is 0.0935. The van der Waals surface area contributed by atoms with Gasteiger partial charge in [-0.05, 0) is 47.0 Å². The highest BCUT2D eigenvalue weighted by atomic mass is 79.9. The second-order valence-corrected chi connectivity index (χ2v) is 5.55. The molecule has 1 amide bonds. The third-order valence-corrected chi connectivity index (χ3v) is 4.10. The lowest BCUT2D eigenvalue weighted by Gasteiger charge is -2.14. The van der Waals surface area contributed by atoms with Gasteiger partial charge in [0.05, 0.1) is 11.1 Å². The average molecular weight is 323 g/mol. The van der Waals surface area contributed by atoms with E-state index in [1.807, 2.05) is 0 Å². The molecule has 2 nitrogen and oxygen atoms in total. The van der Waals surface area contributed by atoms with Crippen LogP contribution in [0.1, 0.15) is 23.2 Å². The van der Waals surface area contributed by atoms with Crippen molar-refractivity contribution in [1.29, 1.82) is 0 Å². The molecule has 0 atom stereocenters. The molecule has 0 spiro atoms. The minimum atomic E-state index is -0.194. The molecule has 0 saturated heterocycles. The summed E-state index contributed by atoms with van der Waals surface area (Å²) >= 11 is 15.0. The van der Waals surface area contributed by atoms with E-state index in [4.69, 9.17) is 23.2 Å². The van der Waals surface area contributed by atoms with Crippen LogP contribution in [0.2, 0.25) is 5.02 Å². The summed E-state index contributed by atoms with van der Waals surface area (Å²) in [4.78, 5) is 12.0. The van der Waals surface area contributed by atoms with E-state index in [-0.39, 0.29) is 11.4 Å². The number of hydrogen-bond donors (Lipinski definition) is 1. The van der Waals surface area contributed by atoms with Crippen molar-refractivity contribution in [2.45, 2.75) is 18.4 Å². The number of carbonyl (C=O) groups excluding carboxylic acids is 1. The van der Waals surface area contributed by atoms with Gasteiger partial charge in [0, 0.05) is 15.4 Å². The van der Waals surface area contributed by atoms with E-state index >= 15 is 0 Å². The molecule has 1 aromatic rings. The molecule has 0 heterocycles. The SMILES string of the molecule is O=C(NC1(CCl)CC1)c1cc(Cl)ccc1Br. The molecule has 1 N–H and O–H groups in total. The molecule has 16 heavy (non-hydrogen) atoms.